The van der Waals surface area contributed by atoms with Gasteiger partial charge in [-0.05, 0) is 67.4 Å². The summed E-state index contributed by atoms with van der Waals surface area (Å²) in [5.41, 5.74) is 3.46. The molecule has 3 aromatic carbocycles. The lowest BCUT2D eigenvalue weighted by atomic mass is 10.0. The van der Waals surface area contributed by atoms with Crippen molar-refractivity contribution >= 4 is 11.4 Å². The zero-order valence-electron chi connectivity index (χ0n) is 19.3. The van der Waals surface area contributed by atoms with Gasteiger partial charge in [0, 0.05) is 30.0 Å². The fourth-order valence-electron chi connectivity index (χ4n) is 3.74. The van der Waals surface area contributed by atoms with Crippen molar-refractivity contribution in [2.45, 2.75) is 13.3 Å². The van der Waals surface area contributed by atoms with Crippen LogP contribution in [-0.4, -0.2) is 39.2 Å². The number of nitrogens with zero attached hydrogens (tertiary/aromatic N) is 3. The lowest BCUT2D eigenvalue weighted by Crippen LogP contribution is -2.20. The Hall–Kier alpha value is -4.66. The third-order valence-corrected chi connectivity index (χ3v) is 5.64. The van der Waals surface area contributed by atoms with Crippen LogP contribution in [0.5, 0.6) is 11.5 Å². The summed E-state index contributed by atoms with van der Waals surface area (Å²) < 4.78 is 6.60. The largest absolute Gasteiger partial charge is 0.508 e. The number of hydrogen-bond donors (Lipinski definition) is 2. The molecule has 0 bridgehead atoms. The highest BCUT2D eigenvalue weighted by molar-refractivity contribution is 6.03. The number of phenolic OH excluding ortho intramolecular Hbond substituents is 1. The van der Waals surface area contributed by atoms with Gasteiger partial charge in [0.05, 0.1) is 29.0 Å². The molecule has 0 spiro atoms. The summed E-state index contributed by atoms with van der Waals surface area (Å²) in [5.74, 6) is 0.892. The Morgan fingerprint density at radius 2 is 1.71 bits per heavy atom. The minimum Gasteiger partial charge on any atom is -0.508 e. The van der Waals surface area contributed by atoms with E-state index in [0.29, 0.717) is 41.4 Å². The van der Waals surface area contributed by atoms with E-state index >= 15 is 0 Å². The smallest absolute Gasteiger partial charge is 0.280 e. The highest BCUT2D eigenvalue weighted by Gasteiger charge is 2.20. The number of nitro groups is 1. The van der Waals surface area contributed by atoms with Crippen LogP contribution in [0.1, 0.15) is 18.1 Å². The van der Waals surface area contributed by atoms with E-state index in [0.717, 1.165) is 11.1 Å². The first kappa shape index (κ1) is 23.5. The van der Waals surface area contributed by atoms with Gasteiger partial charge in [-0.15, -0.1) is 0 Å². The molecule has 1 heterocycles. The predicted octanol–water partition coefficient (Wildman–Crippen LogP) is 4.51. The highest BCUT2D eigenvalue weighted by Crippen LogP contribution is 2.25. The normalized spacial score (nSPS) is 11.4. The van der Waals surface area contributed by atoms with Crippen LogP contribution in [0.15, 0.2) is 82.6 Å². The van der Waals surface area contributed by atoms with E-state index in [1.807, 2.05) is 24.3 Å². The highest BCUT2D eigenvalue weighted by atomic mass is 16.6. The lowest BCUT2D eigenvalue weighted by molar-refractivity contribution is -0.384. The summed E-state index contributed by atoms with van der Waals surface area (Å²) in [4.78, 5) is 28.7. The number of phenols is 1. The standard InChI is InChI=1S/C26H24N4O5/c1-17(27-16-15-18-3-11-22(31)12-4-18)24-25(19-5-13-23(35-2)14-6-19)28-29(26(24)32)20-7-9-21(10-8-20)30(33)34/h3-14,28,31H,15-16H2,1-2H3. The van der Waals surface area contributed by atoms with Crippen molar-refractivity contribution in [3.63, 3.8) is 0 Å². The fourth-order valence-corrected chi connectivity index (χ4v) is 3.74. The number of nitro benzene ring substituents is 1. The van der Waals surface area contributed by atoms with Crippen molar-refractivity contribution in [1.82, 2.24) is 9.78 Å². The molecular formula is C26H24N4O5. The SMILES string of the molecule is COc1ccc(-c2[nH]n(-c3ccc([N+](=O)[O-])cc3)c(=O)c2C(C)=NCCc2ccc(O)cc2)cc1. The van der Waals surface area contributed by atoms with Crippen molar-refractivity contribution < 1.29 is 14.8 Å². The van der Waals surface area contributed by atoms with Gasteiger partial charge in [0.2, 0.25) is 0 Å². The van der Waals surface area contributed by atoms with Crippen molar-refractivity contribution in [1.29, 1.82) is 0 Å². The van der Waals surface area contributed by atoms with Crippen LogP contribution < -0.4 is 10.3 Å². The van der Waals surface area contributed by atoms with Gasteiger partial charge >= 0.3 is 0 Å². The van der Waals surface area contributed by atoms with Crippen molar-refractivity contribution in [3.8, 4) is 28.4 Å². The van der Waals surface area contributed by atoms with Crippen LogP contribution >= 0.6 is 0 Å². The molecule has 0 saturated heterocycles. The molecule has 9 nitrogen and oxygen atoms in total. The third kappa shape index (κ3) is 5.14. The summed E-state index contributed by atoms with van der Waals surface area (Å²) in [6, 6.07) is 20.0. The summed E-state index contributed by atoms with van der Waals surface area (Å²) in [5, 5.41) is 23.6. The number of ether oxygens (including phenoxy) is 1. The maximum atomic E-state index is 13.5. The Kier molecular flexibility index (Phi) is 6.77. The second kappa shape index (κ2) is 10.1. The summed E-state index contributed by atoms with van der Waals surface area (Å²) >= 11 is 0. The summed E-state index contributed by atoms with van der Waals surface area (Å²) in [7, 11) is 1.58. The number of non-ortho nitro benzene ring substituents is 1. The Morgan fingerprint density at radius 1 is 1.06 bits per heavy atom. The van der Waals surface area contributed by atoms with Crippen molar-refractivity contribution in [2.24, 2.45) is 4.99 Å². The zero-order valence-corrected chi connectivity index (χ0v) is 19.3. The molecule has 2 N–H and O–H groups in total. The Labute approximate surface area is 201 Å². The van der Waals surface area contributed by atoms with E-state index in [1.165, 1.54) is 28.9 Å². The number of hydrogen-bond acceptors (Lipinski definition) is 6. The van der Waals surface area contributed by atoms with E-state index in [1.54, 1.807) is 38.3 Å². The van der Waals surface area contributed by atoms with Gasteiger partial charge in [-0.1, -0.05) is 12.1 Å². The predicted molar refractivity (Wildman–Crippen MR) is 134 cm³/mol. The van der Waals surface area contributed by atoms with Crippen LogP contribution in [0, 0.1) is 10.1 Å². The van der Waals surface area contributed by atoms with E-state index in [-0.39, 0.29) is 17.0 Å². The van der Waals surface area contributed by atoms with Crippen LogP contribution in [-0.2, 0) is 6.42 Å². The number of aromatic hydroxyl groups is 1. The maximum Gasteiger partial charge on any atom is 0.280 e. The minimum absolute atomic E-state index is 0.0593. The summed E-state index contributed by atoms with van der Waals surface area (Å²) in [6.45, 7) is 2.25. The van der Waals surface area contributed by atoms with Crippen LogP contribution in [0.3, 0.4) is 0 Å². The molecule has 9 heteroatoms. The second-order valence-electron chi connectivity index (χ2n) is 7.89. The molecule has 0 aliphatic heterocycles. The molecule has 0 atom stereocenters. The molecule has 0 saturated carbocycles. The first-order chi connectivity index (χ1) is 16.9. The number of nitrogens with one attached hydrogen (secondary N) is 1. The van der Waals surface area contributed by atoms with E-state index in [9.17, 15) is 20.0 Å². The molecule has 0 aliphatic rings. The van der Waals surface area contributed by atoms with Crippen LogP contribution in [0.4, 0.5) is 5.69 Å². The fraction of sp³-hybridized carbons (Fsp3) is 0.154. The number of benzene rings is 3. The van der Waals surface area contributed by atoms with Gasteiger partial charge in [-0.3, -0.25) is 25.0 Å². The molecule has 178 valence electrons. The van der Waals surface area contributed by atoms with Gasteiger partial charge in [-0.25, -0.2) is 4.68 Å². The van der Waals surface area contributed by atoms with E-state index in [2.05, 4.69) is 10.1 Å². The maximum absolute atomic E-state index is 13.5. The number of aromatic nitrogens is 2. The Bertz CT molecular complexity index is 1420. The number of aromatic amines is 1. The minimum atomic E-state index is -0.486. The number of H-pyrrole nitrogens is 1. The first-order valence-corrected chi connectivity index (χ1v) is 10.9. The molecule has 4 rings (SSSR count). The molecule has 0 aliphatic carbocycles. The number of aliphatic imine (C=N–C) groups is 1. The molecule has 0 radical (unpaired) electrons. The Morgan fingerprint density at radius 3 is 2.31 bits per heavy atom. The van der Waals surface area contributed by atoms with Gasteiger partial charge in [0.25, 0.3) is 11.2 Å². The van der Waals surface area contributed by atoms with E-state index < -0.39 is 4.92 Å². The number of methoxy groups -OCH3 is 1. The third-order valence-electron chi connectivity index (χ3n) is 5.64. The van der Waals surface area contributed by atoms with Gasteiger partial charge < -0.3 is 9.84 Å². The molecule has 0 fully saturated rings. The molecular weight excluding hydrogens is 448 g/mol. The van der Waals surface area contributed by atoms with Crippen LogP contribution in [0.2, 0.25) is 0 Å². The Balaban J connectivity index is 1.73. The van der Waals surface area contributed by atoms with Gasteiger partial charge in [-0.2, -0.15) is 0 Å². The first-order valence-electron chi connectivity index (χ1n) is 10.9. The van der Waals surface area contributed by atoms with Gasteiger partial charge in [0.15, 0.2) is 0 Å². The summed E-state index contributed by atoms with van der Waals surface area (Å²) in [6.07, 6.45) is 0.649. The van der Waals surface area contributed by atoms with Gasteiger partial charge in [0.1, 0.15) is 11.5 Å². The van der Waals surface area contributed by atoms with Crippen molar-refractivity contribution in [2.75, 3.05) is 13.7 Å². The second-order valence-corrected chi connectivity index (χ2v) is 7.89. The topological polar surface area (TPSA) is 123 Å². The lowest BCUT2D eigenvalue weighted by Gasteiger charge is -2.05. The molecule has 0 unspecified atom stereocenters. The van der Waals surface area contributed by atoms with Crippen LogP contribution in [0.25, 0.3) is 16.9 Å². The molecule has 1 aromatic heterocycles. The monoisotopic (exact) mass is 472 g/mol. The average molecular weight is 473 g/mol. The molecule has 35 heavy (non-hydrogen) atoms. The van der Waals surface area contributed by atoms with Crippen molar-refractivity contribution in [3.05, 3.63) is 104 Å². The zero-order chi connectivity index (χ0) is 24.9. The van der Waals surface area contributed by atoms with E-state index in [4.69, 9.17) is 4.74 Å². The average Bonchev–Trinajstić information content (AvgIpc) is 3.22. The molecule has 4 aromatic rings. The quantitative estimate of drug-likeness (QED) is 0.222. The molecule has 0 amide bonds. The number of rotatable bonds is 8.